The maximum atomic E-state index is 12.7. The highest BCUT2D eigenvalue weighted by Gasteiger charge is 2.22. The zero-order chi connectivity index (χ0) is 25.6. The Kier molecular flexibility index (Phi) is 8.71. The van der Waals surface area contributed by atoms with E-state index in [2.05, 4.69) is 42.5 Å². The second-order valence-corrected chi connectivity index (χ2v) is 9.90. The first-order valence-corrected chi connectivity index (χ1v) is 11.9. The topological polar surface area (TPSA) is 131 Å². The number of hydrogen-bond donors (Lipinski definition) is 5. The molecule has 35 heavy (non-hydrogen) atoms. The summed E-state index contributed by atoms with van der Waals surface area (Å²) >= 11 is 0. The molecule has 1 aliphatic heterocycles. The number of carbonyl (C=O) groups excluding carboxylic acids is 2. The highest BCUT2D eigenvalue weighted by Crippen LogP contribution is 2.27. The standard InChI is InChI=1S/C26H37N5O4/c1-26(2,28-17-23(33)20-7-8-22(32)21(15-20)29-25(27)35)16-19-6-4-5-18(13-19)14-24(34)31-11-9-30(3)10-12-31/h4-8,13,15,23,28,32-33H,9-12,14,16-17H2,1-3H3,(H3,27,29,35). The van der Waals surface area contributed by atoms with Gasteiger partial charge in [0.05, 0.1) is 18.2 Å². The van der Waals surface area contributed by atoms with Crippen molar-refractivity contribution in [3.05, 3.63) is 59.2 Å². The van der Waals surface area contributed by atoms with Crippen molar-refractivity contribution in [2.45, 2.75) is 38.3 Å². The van der Waals surface area contributed by atoms with E-state index in [9.17, 15) is 19.8 Å². The second-order valence-electron chi connectivity index (χ2n) is 9.90. The molecule has 1 unspecified atom stereocenters. The van der Waals surface area contributed by atoms with Gasteiger partial charge in [0, 0.05) is 38.3 Å². The van der Waals surface area contributed by atoms with Crippen molar-refractivity contribution in [3.8, 4) is 5.75 Å². The van der Waals surface area contributed by atoms with Crippen LogP contribution in [0.2, 0.25) is 0 Å². The molecule has 6 N–H and O–H groups in total. The monoisotopic (exact) mass is 483 g/mol. The van der Waals surface area contributed by atoms with Gasteiger partial charge in [-0.15, -0.1) is 0 Å². The number of hydrogen-bond acceptors (Lipinski definition) is 6. The number of urea groups is 1. The van der Waals surface area contributed by atoms with E-state index in [1.54, 1.807) is 6.07 Å². The molecule has 3 amide bonds. The normalized spacial score (nSPS) is 15.6. The van der Waals surface area contributed by atoms with E-state index in [0.717, 1.165) is 37.3 Å². The molecular formula is C26H37N5O4. The minimum Gasteiger partial charge on any atom is -0.506 e. The summed E-state index contributed by atoms with van der Waals surface area (Å²) in [6.45, 7) is 7.74. The zero-order valence-corrected chi connectivity index (χ0v) is 20.8. The third kappa shape index (κ3) is 7.95. The Morgan fingerprint density at radius 3 is 2.46 bits per heavy atom. The molecule has 1 atom stereocenters. The van der Waals surface area contributed by atoms with Crippen LogP contribution in [-0.4, -0.2) is 77.3 Å². The van der Waals surface area contributed by atoms with Gasteiger partial charge in [0.15, 0.2) is 0 Å². The van der Waals surface area contributed by atoms with E-state index >= 15 is 0 Å². The number of amides is 3. The largest absolute Gasteiger partial charge is 0.506 e. The third-order valence-corrected chi connectivity index (χ3v) is 6.29. The quantitative estimate of drug-likeness (QED) is 0.346. The van der Waals surface area contributed by atoms with Crippen molar-refractivity contribution in [3.63, 3.8) is 0 Å². The van der Waals surface area contributed by atoms with Gasteiger partial charge in [0.1, 0.15) is 5.75 Å². The summed E-state index contributed by atoms with van der Waals surface area (Å²) in [5.41, 5.74) is 7.60. The molecule has 190 valence electrons. The number of aliphatic hydroxyl groups excluding tert-OH is 1. The van der Waals surface area contributed by atoms with Gasteiger partial charge in [-0.05, 0) is 56.1 Å². The molecule has 0 bridgehead atoms. The molecule has 3 rings (SSSR count). The van der Waals surface area contributed by atoms with Crippen molar-refractivity contribution in [2.24, 2.45) is 5.73 Å². The fourth-order valence-electron chi connectivity index (χ4n) is 4.25. The number of nitrogens with two attached hydrogens (primary N) is 1. The summed E-state index contributed by atoms with van der Waals surface area (Å²) in [5, 5.41) is 26.2. The van der Waals surface area contributed by atoms with Gasteiger partial charge in [-0.1, -0.05) is 30.3 Å². The van der Waals surface area contributed by atoms with Gasteiger partial charge in [-0.2, -0.15) is 0 Å². The number of nitrogens with one attached hydrogen (secondary N) is 2. The molecule has 9 nitrogen and oxygen atoms in total. The lowest BCUT2D eigenvalue weighted by molar-refractivity contribution is -0.132. The molecule has 2 aromatic carbocycles. The van der Waals surface area contributed by atoms with Crippen LogP contribution in [0.15, 0.2) is 42.5 Å². The minimum absolute atomic E-state index is 0.126. The first-order valence-electron chi connectivity index (χ1n) is 11.9. The van der Waals surface area contributed by atoms with Crippen LogP contribution in [-0.2, 0) is 17.6 Å². The Morgan fingerprint density at radius 1 is 1.09 bits per heavy atom. The number of carbonyl (C=O) groups is 2. The maximum Gasteiger partial charge on any atom is 0.316 e. The lowest BCUT2D eigenvalue weighted by atomic mass is 9.93. The number of piperazine rings is 1. The first-order chi connectivity index (χ1) is 16.5. The summed E-state index contributed by atoms with van der Waals surface area (Å²) in [6.07, 6.45) is 0.253. The fourth-order valence-corrected chi connectivity index (χ4v) is 4.25. The van der Waals surface area contributed by atoms with Gasteiger partial charge in [-0.25, -0.2) is 4.79 Å². The number of phenolic OH excluding ortho intramolecular Hbond substituents is 1. The summed E-state index contributed by atoms with van der Waals surface area (Å²) in [5.74, 6) is 0.0360. The highest BCUT2D eigenvalue weighted by molar-refractivity contribution is 5.89. The maximum absolute atomic E-state index is 12.7. The molecule has 9 heteroatoms. The minimum atomic E-state index is -0.851. The molecule has 2 aromatic rings. The number of nitrogens with zero attached hydrogens (tertiary/aromatic N) is 2. The Hall–Kier alpha value is -3.14. The van der Waals surface area contributed by atoms with E-state index in [1.165, 1.54) is 12.1 Å². The fraction of sp³-hybridized carbons (Fsp3) is 0.462. The number of primary amides is 1. The van der Waals surface area contributed by atoms with Crippen LogP contribution in [0.4, 0.5) is 10.5 Å². The van der Waals surface area contributed by atoms with Gasteiger partial charge in [0.2, 0.25) is 5.91 Å². The number of β-amino-alcohol motifs (C(OH)–C–C–N with tert-alkyl or cyclic N) is 1. The van der Waals surface area contributed by atoms with E-state index in [-0.39, 0.29) is 29.4 Å². The molecule has 1 saturated heterocycles. The molecule has 1 heterocycles. The van der Waals surface area contributed by atoms with Crippen LogP contribution in [0.25, 0.3) is 0 Å². The number of likely N-dealkylation sites (N-methyl/N-ethyl adjacent to an activating group) is 1. The molecule has 1 fully saturated rings. The van der Waals surface area contributed by atoms with Crippen molar-refractivity contribution >= 4 is 17.6 Å². The Labute approximate surface area is 206 Å². The lowest BCUT2D eigenvalue weighted by Gasteiger charge is -2.32. The number of aromatic hydroxyl groups is 1. The molecule has 1 aliphatic rings. The van der Waals surface area contributed by atoms with E-state index in [1.807, 2.05) is 23.1 Å². The van der Waals surface area contributed by atoms with E-state index in [4.69, 9.17) is 5.73 Å². The number of phenols is 1. The van der Waals surface area contributed by atoms with Crippen LogP contribution in [0.1, 0.15) is 36.6 Å². The summed E-state index contributed by atoms with van der Waals surface area (Å²) in [7, 11) is 2.07. The number of benzene rings is 2. The van der Waals surface area contributed by atoms with Crippen LogP contribution in [0.3, 0.4) is 0 Å². The predicted molar refractivity (Wildman–Crippen MR) is 136 cm³/mol. The molecule has 0 aromatic heterocycles. The SMILES string of the molecule is CN1CCN(C(=O)Cc2cccc(CC(C)(C)NCC(O)c3ccc(O)c(NC(N)=O)c3)c2)CC1. The van der Waals surface area contributed by atoms with Gasteiger partial charge >= 0.3 is 6.03 Å². The summed E-state index contributed by atoms with van der Waals surface area (Å²) < 4.78 is 0. The molecule has 0 saturated carbocycles. The lowest BCUT2D eigenvalue weighted by Crippen LogP contribution is -2.47. The van der Waals surface area contributed by atoms with Gasteiger partial charge < -0.3 is 36.4 Å². The summed E-state index contributed by atoms with van der Waals surface area (Å²) in [4.78, 5) is 28.0. The average Bonchev–Trinajstić information content (AvgIpc) is 2.79. The Balaban J connectivity index is 1.56. The third-order valence-electron chi connectivity index (χ3n) is 6.29. The van der Waals surface area contributed by atoms with Crippen LogP contribution >= 0.6 is 0 Å². The first kappa shape index (κ1) is 26.5. The highest BCUT2D eigenvalue weighted by atomic mass is 16.3. The van der Waals surface area contributed by atoms with Crippen LogP contribution < -0.4 is 16.4 Å². The van der Waals surface area contributed by atoms with Crippen LogP contribution in [0, 0.1) is 0 Å². The van der Waals surface area contributed by atoms with Crippen molar-refractivity contribution in [1.29, 1.82) is 0 Å². The zero-order valence-electron chi connectivity index (χ0n) is 20.8. The van der Waals surface area contributed by atoms with Crippen molar-refractivity contribution in [1.82, 2.24) is 15.1 Å². The molecular weight excluding hydrogens is 446 g/mol. The van der Waals surface area contributed by atoms with Gasteiger partial charge in [0.25, 0.3) is 0 Å². The number of rotatable bonds is 9. The van der Waals surface area contributed by atoms with Crippen molar-refractivity contribution < 1.29 is 19.8 Å². The van der Waals surface area contributed by atoms with E-state index in [0.29, 0.717) is 18.4 Å². The predicted octanol–water partition coefficient (Wildman–Crippen LogP) is 1.84. The average molecular weight is 484 g/mol. The van der Waals surface area contributed by atoms with Crippen molar-refractivity contribution in [2.75, 3.05) is 45.1 Å². The second kappa shape index (κ2) is 11.5. The van der Waals surface area contributed by atoms with Crippen LogP contribution in [0.5, 0.6) is 5.75 Å². The molecule has 0 spiro atoms. The number of anilines is 1. The van der Waals surface area contributed by atoms with Gasteiger partial charge in [-0.3, -0.25) is 4.79 Å². The molecule has 0 aliphatic carbocycles. The smallest absolute Gasteiger partial charge is 0.316 e. The number of aliphatic hydroxyl groups is 1. The molecule has 0 radical (unpaired) electrons. The Bertz CT molecular complexity index is 1030. The summed E-state index contributed by atoms with van der Waals surface area (Å²) in [6, 6.07) is 11.8. The van der Waals surface area contributed by atoms with E-state index < -0.39 is 12.1 Å². The Morgan fingerprint density at radius 2 is 1.77 bits per heavy atom.